The Bertz CT molecular complexity index is 941. The van der Waals surface area contributed by atoms with Crippen LogP contribution < -0.4 is 10.6 Å². The van der Waals surface area contributed by atoms with Crippen LogP contribution in [0.15, 0.2) is 66.7 Å². The number of benzene rings is 3. The van der Waals surface area contributed by atoms with Crippen LogP contribution in [0.4, 0.5) is 11.4 Å². The Morgan fingerprint density at radius 2 is 1.37 bits per heavy atom. The molecule has 27 heavy (non-hydrogen) atoms. The van der Waals surface area contributed by atoms with Crippen molar-refractivity contribution in [2.75, 3.05) is 10.6 Å². The molecule has 0 aliphatic heterocycles. The van der Waals surface area contributed by atoms with Crippen molar-refractivity contribution in [2.24, 2.45) is 5.92 Å². The van der Waals surface area contributed by atoms with Crippen LogP contribution in [0, 0.1) is 5.92 Å². The fraction of sp³-hybridized carbons (Fsp3) is 0.217. The normalized spacial score (nSPS) is 10.8. The maximum Gasteiger partial charge on any atom is 0.228 e. The van der Waals surface area contributed by atoms with Gasteiger partial charge >= 0.3 is 0 Å². The van der Waals surface area contributed by atoms with Gasteiger partial charge < -0.3 is 10.6 Å². The van der Waals surface area contributed by atoms with Crippen molar-refractivity contribution in [2.45, 2.75) is 26.7 Å². The first kappa shape index (κ1) is 18.6. The standard InChI is InChI=1S/C23H24N2O2/c1-16(2)14-22(26)24-19-10-12-20(13-11-19)25-23(27)15-18-8-5-7-17-6-3-4-9-21(17)18/h3-13,16H,14-15H2,1-2H3,(H,24,26)(H,25,27). The van der Waals surface area contributed by atoms with Gasteiger partial charge in [-0.1, -0.05) is 56.3 Å². The Morgan fingerprint density at radius 3 is 2.04 bits per heavy atom. The van der Waals surface area contributed by atoms with Gasteiger partial charge in [-0.15, -0.1) is 0 Å². The topological polar surface area (TPSA) is 58.2 Å². The van der Waals surface area contributed by atoms with Crippen molar-refractivity contribution in [3.63, 3.8) is 0 Å². The highest BCUT2D eigenvalue weighted by Crippen LogP contribution is 2.20. The Morgan fingerprint density at radius 1 is 0.778 bits per heavy atom. The zero-order valence-corrected chi connectivity index (χ0v) is 15.7. The molecule has 0 unspecified atom stereocenters. The molecule has 0 saturated heterocycles. The van der Waals surface area contributed by atoms with E-state index in [9.17, 15) is 9.59 Å². The van der Waals surface area contributed by atoms with Crippen molar-refractivity contribution in [1.82, 2.24) is 0 Å². The predicted molar refractivity (Wildman–Crippen MR) is 111 cm³/mol. The molecule has 138 valence electrons. The lowest BCUT2D eigenvalue weighted by molar-refractivity contribution is -0.117. The first-order chi connectivity index (χ1) is 13.0. The SMILES string of the molecule is CC(C)CC(=O)Nc1ccc(NC(=O)Cc2cccc3ccccc23)cc1. The summed E-state index contributed by atoms with van der Waals surface area (Å²) in [6.45, 7) is 4.02. The molecule has 3 aromatic carbocycles. The van der Waals surface area contributed by atoms with Crippen LogP contribution in [-0.4, -0.2) is 11.8 Å². The molecular formula is C23H24N2O2. The van der Waals surface area contributed by atoms with E-state index < -0.39 is 0 Å². The first-order valence-corrected chi connectivity index (χ1v) is 9.17. The first-order valence-electron chi connectivity index (χ1n) is 9.17. The minimum atomic E-state index is -0.0667. The van der Waals surface area contributed by atoms with E-state index in [0.29, 0.717) is 24.4 Å². The quantitative estimate of drug-likeness (QED) is 0.649. The zero-order chi connectivity index (χ0) is 19.2. The molecule has 0 saturated carbocycles. The van der Waals surface area contributed by atoms with Crippen molar-refractivity contribution in [3.05, 3.63) is 72.3 Å². The molecule has 2 amide bonds. The van der Waals surface area contributed by atoms with E-state index in [0.717, 1.165) is 22.0 Å². The minimum Gasteiger partial charge on any atom is -0.326 e. The maximum absolute atomic E-state index is 12.4. The van der Waals surface area contributed by atoms with Gasteiger partial charge in [0.05, 0.1) is 6.42 Å². The molecule has 4 nitrogen and oxygen atoms in total. The number of fused-ring (bicyclic) bond motifs is 1. The lowest BCUT2D eigenvalue weighted by Gasteiger charge is -2.10. The molecule has 0 spiro atoms. The number of hydrogen-bond donors (Lipinski definition) is 2. The molecule has 4 heteroatoms. The van der Waals surface area contributed by atoms with Crippen LogP contribution in [0.2, 0.25) is 0 Å². The molecule has 0 radical (unpaired) electrons. The van der Waals surface area contributed by atoms with Crippen molar-refractivity contribution in [3.8, 4) is 0 Å². The summed E-state index contributed by atoms with van der Waals surface area (Å²) in [6.07, 6.45) is 0.803. The van der Waals surface area contributed by atoms with E-state index in [4.69, 9.17) is 0 Å². The van der Waals surface area contributed by atoms with Gasteiger partial charge in [-0.25, -0.2) is 0 Å². The maximum atomic E-state index is 12.4. The van der Waals surface area contributed by atoms with Gasteiger partial charge in [0, 0.05) is 17.8 Å². The Hall–Kier alpha value is -3.14. The molecule has 0 aliphatic rings. The monoisotopic (exact) mass is 360 g/mol. The molecule has 0 atom stereocenters. The van der Waals surface area contributed by atoms with Gasteiger partial charge in [-0.3, -0.25) is 9.59 Å². The van der Waals surface area contributed by atoms with Crippen LogP contribution in [0.25, 0.3) is 10.8 Å². The van der Waals surface area contributed by atoms with E-state index in [2.05, 4.69) is 10.6 Å². The summed E-state index contributed by atoms with van der Waals surface area (Å²) in [4.78, 5) is 24.2. The highest BCUT2D eigenvalue weighted by Gasteiger charge is 2.08. The average molecular weight is 360 g/mol. The third kappa shape index (κ3) is 5.17. The van der Waals surface area contributed by atoms with E-state index in [1.165, 1.54) is 0 Å². The number of anilines is 2. The van der Waals surface area contributed by atoms with Crippen molar-refractivity contribution >= 4 is 34.0 Å². The molecule has 0 aromatic heterocycles. The molecule has 0 aliphatic carbocycles. The van der Waals surface area contributed by atoms with Gasteiger partial charge in [0.2, 0.25) is 11.8 Å². The molecular weight excluding hydrogens is 336 g/mol. The summed E-state index contributed by atoms with van der Waals surface area (Å²) >= 11 is 0. The predicted octanol–water partition coefficient (Wildman–Crippen LogP) is 5.01. The van der Waals surface area contributed by atoms with E-state index in [-0.39, 0.29) is 11.8 Å². The van der Waals surface area contributed by atoms with Gasteiger partial charge in [0.1, 0.15) is 0 Å². The number of carbonyl (C=O) groups excluding carboxylic acids is 2. The molecule has 3 rings (SSSR count). The lowest BCUT2D eigenvalue weighted by atomic mass is 10.0. The van der Waals surface area contributed by atoms with Crippen LogP contribution >= 0.6 is 0 Å². The highest BCUT2D eigenvalue weighted by molar-refractivity contribution is 5.96. The largest absolute Gasteiger partial charge is 0.326 e. The van der Waals surface area contributed by atoms with Gasteiger partial charge in [0.25, 0.3) is 0 Å². The highest BCUT2D eigenvalue weighted by atomic mass is 16.2. The number of nitrogens with one attached hydrogen (secondary N) is 2. The summed E-state index contributed by atoms with van der Waals surface area (Å²) in [5.41, 5.74) is 2.44. The number of rotatable bonds is 6. The van der Waals surface area contributed by atoms with E-state index in [1.54, 1.807) is 24.3 Å². The van der Waals surface area contributed by atoms with Crippen LogP contribution in [0.5, 0.6) is 0 Å². The fourth-order valence-corrected chi connectivity index (χ4v) is 3.04. The number of carbonyl (C=O) groups is 2. The van der Waals surface area contributed by atoms with E-state index >= 15 is 0 Å². The van der Waals surface area contributed by atoms with Gasteiger partial charge in [-0.2, -0.15) is 0 Å². The summed E-state index contributed by atoms with van der Waals surface area (Å²) in [7, 11) is 0. The molecule has 2 N–H and O–H groups in total. The second kappa shape index (κ2) is 8.49. The fourth-order valence-electron chi connectivity index (χ4n) is 3.04. The van der Waals surface area contributed by atoms with E-state index in [1.807, 2.05) is 56.3 Å². The summed E-state index contributed by atoms with van der Waals surface area (Å²) in [6, 6.07) is 21.2. The summed E-state index contributed by atoms with van der Waals surface area (Å²) in [5, 5.41) is 8.00. The Kier molecular flexibility index (Phi) is 5.87. The minimum absolute atomic E-state index is 0.00209. The second-order valence-corrected chi connectivity index (χ2v) is 7.09. The average Bonchev–Trinajstić information content (AvgIpc) is 2.63. The smallest absolute Gasteiger partial charge is 0.228 e. The van der Waals surface area contributed by atoms with Crippen LogP contribution in [0.1, 0.15) is 25.8 Å². The number of amides is 2. The molecule has 0 heterocycles. The lowest BCUT2D eigenvalue weighted by Crippen LogP contribution is -2.15. The number of hydrogen-bond acceptors (Lipinski definition) is 2. The molecule has 3 aromatic rings. The van der Waals surface area contributed by atoms with Crippen LogP contribution in [0.3, 0.4) is 0 Å². The Labute approximate surface area is 159 Å². The van der Waals surface area contributed by atoms with Crippen molar-refractivity contribution < 1.29 is 9.59 Å². The van der Waals surface area contributed by atoms with Gasteiger partial charge in [0.15, 0.2) is 0 Å². The molecule has 0 fully saturated rings. The molecule has 0 bridgehead atoms. The Balaban J connectivity index is 1.61. The summed E-state index contributed by atoms with van der Waals surface area (Å²) < 4.78 is 0. The van der Waals surface area contributed by atoms with Gasteiger partial charge in [-0.05, 0) is 46.5 Å². The van der Waals surface area contributed by atoms with Crippen LogP contribution in [-0.2, 0) is 16.0 Å². The second-order valence-electron chi connectivity index (χ2n) is 7.09. The zero-order valence-electron chi connectivity index (χ0n) is 15.7. The third-order valence-corrected chi connectivity index (χ3v) is 4.28. The van der Waals surface area contributed by atoms with Crippen molar-refractivity contribution in [1.29, 1.82) is 0 Å². The summed E-state index contributed by atoms with van der Waals surface area (Å²) in [5.74, 6) is 0.248. The third-order valence-electron chi connectivity index (χ3n) is 4.28.